The van der Waals surface area contributed by atoms with Crippen LogP contribution in [0.25, 0.3) is 0 Å². The number of hydrogen-bond acceptors (Lipinski definition) is 2. The molecule has 1 aromatic rings. The normalized spacial score (nSPS) is 11.0. The summed E-state index contributed by atoms with van der Waals surface area (Å²) in [5.41, 5.74) is -1.06. The van der Waals surface area contributed by atoms with Crippen LogP contribution in [0.1, 0.15) is 23.4 Å². The molecule has 0 aliphatic heterocycles. The Kier molecular flexibility index (Phi) is 3.71. The zero-order valence-electron chi connectivity index (χ0n) is 6.98. The number of halogens is 4. The molecule has 1 N–H and O–H groups in total. The van der Waals surface area contributed by atoms with Crippen molar-refractivity contribution in [2.24, 2.45) is 0 Å². The van der Waals surface area contributed by atoms with Crippen LogP contribution < -0.4 is 0 Å². The number of hydrogen-bond donors (Lipinski definition) is 1. The lowest BCUT2D eigenvalue weighted by Crippen LogP contribution is -2.04. The molecule has 0 aliphatic rings. The molecule has 0 amide bonds. The van der Waals surface area contributed by atoms with Crippen molar-refractivity contribution >= 4 is 11.6 Å². The molecule has 14 heavy (non-hydrogen) atoms. The minimum Gasteiger partial charge on any atom is -0.390 e. The van der Waals surface area contributed by atoms with Crippen molar-refractivity contribution in [3.8, 4) is 0 Å². The molecule has 0 saturated carbocycles. The van der Waals surface area contributed by atoms with Crippen LogP contribution in [-0.4, -0.2) is 10.1 Å². The summed E-state index contributed by atoms with van der Waals surface area (Å²) in [6.45, 7) is -0.726. The predicted molar refractivity (Wildman–Crippen MR) is 44.6 cm³/mol. The zero-order valence-corrected chi connectivity index (χ0v) is 7.73. The average Bonchev–Trinajstić information content (AvgIpc) is 2.17. The van der Waals surface area contributed by atoms with Crippen LogP contribution >= 0.6 is 11.6 Å². The highest BCUT2D eigenvalue weighted by Gasteiger charge is 2.18. The highest BCUT2D eigenvalue weighted by atomic mass is 35.5. The molecule has 0 atom stereocenters. The topological polar surface area (TPSA) is 33.1 Å². The van der Waals surface area contributed by atoms with Gasteiger partial charge in [-0.2, -0.15) is 0 Å². The van der Waals surface area contributed by atoms with Crippen molar-refractivity contribution < 1.29 is 18.3 Å². The highest BCUT2D eigenvalue weighted by molar-refractivity contribution is 6.16. The third kappa shape index (κ3) is 2.16. The predicted octanol–water partition coefficient (Wildman–Crippen LogP) is 2.39. The van der Waals surface area contributed by atoms with Gasteiger partial charge in [0.25, 0.3) is 6.43 Å². The van der Waals surface area contributed by atoms with E-state index in [-0.39, 0.29) is 11.6 Å². The zero-order chi connectivity index (χ0) is 10.7. The van der Waals surface area contributed by atoms with Crippen molar-refractivity contribution in [2.75, 3.05) is 0 Å². The van der Waals surface area contributed by atoms with E-state index in [1.54, 1.807) is 0 Å². The Balaban J connectivity index is 3.27. The van der Waals surface area contributed by atoms with Gasteiger partial charge in [0.2, 0.25) is 0 Å². The molecule has 2 nitrogen and oxygen atoms in total. The van der Waals surface area contributed by atoms with Gasteiger partial charge in [0.15, 0.2) is 5.82 Å². The van der Waals surface area contributed by atoms with E-state index in [0.29, 0.717) is 0 Å². The summed E-state index contributed by atoms with van der Waals surface area (Å²) >= 11 is 5.37. The summed E-state index contributed by atoms with van der Waals surface area (Å²) in [5.74, 6) is -1.27. The number of aromatic nitrogens is 1. The van der Waals surface area contributed by atoms with Crippen molar-refractivity contribution in [2.45, 2.75) is 18.9 Å². The Bertz CT molecular complexity index is 333. The molecule has 0 fully saturated rings. The largest absolute Gasteiger partial charge is 0.390 e. The molecule has 0 aromatic carbocycles. The smallest absolute Gasteiger partial charge is 0.266 e. The third-order valence-electron chi connectivity index (χ3n) is 1.63. The Morgan fingerprint density at radius 2 is 2.14 bits per heavy atom. The van der Waals surface area contributed by atoms with Crippen molar-refractivity contribution in [3.63, 3.8) is 0 Å². The van der Waals surface area contributed by atoms with Gasteiger partial charge < -0.3 is 5.11 Å². The maximum Gasteiger partial charge on any atom is 0.266 e. The minimum absolute atomic E-state index is 0.104. The number of aliphatic hydroxyl groups is 1. The number of nitrogens with zero attached hydrogens (tertiary/aromatic N) is 1. The van der Waals surface area contributed by atoms with E-state index in [1.807, 2.05) is 0 Å². The maximum absolute atomic E-state index is 13.1. The van der Waals surface area contributed by atoms with E-state index in [0.717, 1.165) is 6.07 Å². The fourth-order valence-electron chi connectivity index (χ4n) is 0.996. The summed E-state index contributed by atoms with van der Waals surface area (Å²) in [6, 6.07) is 0.895. The lowest BCUT2D eigenvalue weighted by Gasteiger charge is -2.07. The van der Waals surface area contributed by atoms with Crippen LogP contribution in [0, 0.1) is 5.82 Å². The molecule has 1 rings (SSSR count). The van der Waals surface area contributed by atoms with Gasteiger partial charge in [-0.1, -0.05) is 0 Å². The number of aliphatic hydroxyl groups excluding tert-OH is 1. The Hall–Kier alpha value is -0.810. The summed E-state index contributed by atoms with van der Waals surface area (Å²) in [6.07, 6.45) is -2.94. The Labute approximate surface area is 83.3 Å². The van der Waals surface area contributed by atoms with Crippen molar-refractivity contribution in [3.05, 3.63) is 28.8 Å². The first kappa shape index (κ1) is 11.3. The second-order valence-electron chi connectivity index (χ2n) is 2.56. The molecule has 1 heterocycles. The molecule has 0 unspecified atom stereocenters. The molecule has 0 saturated heterocycles. The summed E-state index contributed by atoms with van der Waals surface area (Å²) in [4.78, 5) is 3.56. The molecule has 1 aromatic heterocycles. The molecule has 0 spiro atoms. The molecular weight excluding hydrogens is 219 g/mol. The second kappa shape index (κ2) is 4.61. The Morgan fingerprint density at radius 3 is 2.57 bits per heavy atom. The van der Waals surface area contributed by atoms with Crippen molar-refractivity contribution in [1.82, 2.24) is 4.98 Å². The highest BCUT2D eigenvalue weighted by Crippen LogP contribution is 2.24. The second-order valence-corrected chi connectivity index (χ2v) is 2.82. The first-order valence-electron chi connectivity index (χ1n) is 3.73. The van der Waals surface area contributed by atoms with Gasteiger partial charge in [-0.05, 0) is 6.07 Å². The van der Waals surface area contributed by atoms with E-state index in [1.165, 1.54) is 0 Å². The average molecular weight is 226 g/mol. The first-order chi connectivity index (χ1) is 6.60. The van der Waals surface area contributed by atoms with Crippen molar-refractivity contribution in [1.29, 1.82) is 0 Å². The molecule has 6 heteroatoms. The van der Waals surface area contributed by atoms with Gasteiger partial charge in [-0.25, -0.2) is 13.2 Å². The summed E-state index contributed by atoms with van der Waals surface area (Å²) < 4.78 is 37.6. The van der Waals surface area contributed by atoms with Crippen LogP contribution in [0.15, 0.2) is 6.07 Å². The molecule has 0 radical (unpaired) electrons. The third-order valence-corrected chi connectivity index (χ3v) is 1.90. The number of rotatable bonds is 3. The van der Waals surface area contributed by atoms with E-state index in [2.05, 4.69) is 4.98 Å². The fraction of sp³-hybridized carbons (Fsp3) is 0.375. The van der Waals surface area contributed by atoms with Crippen LogP contribution in [0.5, 0.6) is 0 Å². The maximum atomic E-state index is 13.1. The summed E-state index contributed by atoms with van der Waals surface area (Å²) in [5, 5.41) is 8.65. The van der Waals surface area contributed by atoms with Gasteiger partial charge in [0.05, 0.1) is 23.7 Å². The Morgan fingerprint density at radius 1 is 1.50 bits per heavy atom. The van der Waals surface area contributed by atoms with E-state index in [4.69, 9.17) is 16.7 Å². The minimum atomic E-state index is -2.94. The monoisotopic (exact) mass is 225 g/mol. The van der Waals surface area contributed by atoms with E-state index in [9.17, 15) is 13.2 Å². The quantitative estimate of drug-likeness (QED) is 0.802. The van der Waals surface area contributed by atoms with Crippen LogP contribution in [0.4, 0.5) is 13.2 Å². The molecule has 0 aliphatic carbocycles. The standard InChI is InChI=1S/C8H7ClF3NO/c9-2-4-1-5(8(11)12)7(10)6(3-14)13-4/h1,8,14H,2-3H2. The van der Waals surface area contributed by atoms with E-state index >= 15 is 0 Å². The van der Waals surface area contributed by atoms with Gasteiger partial charge in [-0.15, -0.1) is 11.6 Å². The fourth-order valence-corrected chi connectivity index (χ4v) is 1.13. The van der Waals surface area contributed by atoms with Gasteiger partial charge >= 0.3 is 0 Å². The number of pyridine rings is 1. The SMILES string of the molecule is OCc1nc(CCl)cc(C(F)F)c1F. The van der Waals surface area contributed by atoms with Crippen LogP contribution in [0.3, 0.4) is 0 Å². The lowest BCUT2D eigenvalue weighted by atomic mass is 10.2. The molecular formula is C8H7ClF3NO. The molecule has 0 bridgehead atoms. The van der Waals surface area contributed by atoms with Gasteiger partial charge in [-0.3, -0.25) is 4.98 Å². The number of alkyl halides is 3. The van der Waals surface area contributed by atoms with Crippen LogP contribution in [0.2, 0.25) is 0 Å². The van der Waals surface area contributed by atoms with E-state index < -0.39 is 30.1 Å². The molecule has 78 valence electrons. The van der Waals surface area contributed by atoms with Gasteiger partial charge in [0.1, 0.15) is 5.69 Å². The lowest BCUT2D eigenvalue weighted by molar-refractivity contribution is 0.145. The van der Waals surface area contributed by atoms with Crippen LogP contribution in [-0.2, 0) is 12.5 Å². The van der Waals surface area contributed by atoms with Gasteiger partial charge in [0, 0.05) is 0 Å². The first-order valence-corrected chi connectivity index (χ1v) is 4.26. The summed E-state index contributed by atoms with van der Waals surface area (Å²) in [7, 11) is 0.